The monoisotopic (exact) mass is 742 g/mol. The van der Waals surface area contributed by atoms with Gasteiger partial charge in [0.1, 0.15) is 11.2 Å². The molecule has 9 aromatic carbocycles. The van der Waals surface area contributed by atoms with Crippen LogP contribution >= 0.6 is 0 Å². The maximum absolute atomic E-state index is 6.63. The summed E-state index contributed by atoms with van der Waals surface area (Å²) < 4.78 is 15.5. The van der Waals surface area contributed by atoms with Crippen LogP contribution < -0.4 is 4.90 Å². The summed E-state index contributed by atoms with van der Waals surface area (Å²) in [5.74, 6) is 0. The molecule has 0 aliphatic carbocycles. The van der Waals surface area contributed by atoms with Crippen LogP contribution in [0.1, 0.15) is 0 Å². The van der Waals surface area contributed by atoms with E-state index in [9.17, 15) is 0 Å². The molecular weight excluding hydrogens is 709 g/mol. The van der Waals surface area contributed by atoms with Gasteiger partial charge in [-0.1, -0.05) is 127 Å². The molecule has 0 saturated carbocycles. The first kappa shape index (κ1) is 32.4. The molecule has 0 atom stereocenters. The Hall–Kier alpha value is -7.82. The molecule has 0 aliphatic heterocycles. The Morgan fingerprint density at radius 1 is 0.345 bits per heavy atom. The van der Waals surface area contributed by atoms with Gasteiger partial charge in [0, 0.05) is 55.1 Å². The molecule has 0 unspecified atom stereocenters. The van der Waals surface area contributed by atoms with Crippen molar-refractivity contribution in [3.63, 3.8) is 0 Å². The summed E-state index contributed by atoms with van der Waals surface area (Å²) in [5.41, 5.74) is 14.5. The fourth-order valence-corrected chi connectivity index (χ4v) is 8.94. The van der Waals surface area contributed by atoms with Gasteiger partial charge in [0.05, 0.1) is 11.0 Å². The zero-order valence-corrected chi connectivity index (χ0v) is 31.3. The highest BCUT2D eigenvalue weighted by atomic mass is 16.4. The second kappa shape index (κ2) is 12.9. The van der Waals surface area contributed by atoms with Crippen LogP contribution in [0.3, 0.4) is 0 Å². The first-order valence-corrected chi connectivity index (χ1v) is 19.7. The number of para-hydroxylation sites is 4. The summed E-state index contributed by atoms with van der Waals surface area (Å²) in [6, 6.07) is 73.4. The average molecular weight is 743 g/mol. The molecule has 272 valence electrons. The van der Waals surface area contributed by atoms with E-state index < -0.39 is 0 Å². The quantitative estimate of drug-likeness (QED) is 0.170. The Kier molecular flexibility index (Phi) is 7.20. The molecule has 4 nitrogen and oxygen atoms in total. The lowest BCUT2D eigenvalue weighted by Gasteiger charge is -2.26. The summed E-state index contributed by atoms with van der Waals surface area (Å²) in [6.45, 7) is 0. The van der Waals surface area contributed by atoms with Gasteiger partial charge in [-0.25, -0.2) is 0 Å². The SMILES string of the molecule is c1ccc(-c2ccc(N(c3cccc(-c4cc5c6ccccc6oc5c5oc6ccccc6c45)c3)c3ccc4c(c3)c3ccccc3n4-c3ccccc3)cc2)cc1. The van der Waals surface area contributed by atoms with Crippen molar-refractivity contribution in [2.75, 3.05) is 4.90 Å². The van der Waals surface area contributed by atoms with Crippen LogP contribution in [-0.2, 0) is 0 Å². The third-order valence-electron chi connectivity index (χ3n) is 11.6. The van der Waals surface area contributed by atoms with Crippen LogP contribution in [-0.4, -0.2) is 4.57 Å². The Labute approximate surface area is 334 Å². The topological polar surface area (TPSA) is 34.5 Å². The maximum Gasteiger partial charge on any atom is 0.179 e. The van der Waals surface area contributed by atoms with Crippen LogP contribution in [0.2, 0.25) is 0 Å². The molecule has 3 aromatic heterocycles. The van der Waals surface area contributed by atoms with Gasteiger partial charge in [-0.05, 0) is 101 Å². The van der Waals surface area contributed by atoms with E-state index >= 15 is 0 Å². The lowest BCUT2D eigenvalue weighted by molar-refractivity contribution is 0.633. The number of benzene rings is 9. The van der Waals surface area contributed by atoms with E-state index in [0.29, 0.717) is 0 Å². The number of nitrogens with zero attached hydrogens (tertiary/aromatic N) is 2. The van der Waals surface area contributed by atoms with E-state index in [1.807, 2.05) is 24.3 Å². The molecule has 4 heteroatoms. The van der Waals surface area contributed by atoms with Crippen LogP contribution in [0.15, 0.2) is 215 Å². The van der Waals surface area contributed by atoms with E-state index in [0.717, 1.165) is 77.8 Å². The van der Waals surface area contributed by atoms with Gasteiger partial charge in [0.15, 0.2) is 11.2 Å². The molecule has 0 bridgehead atoms. The second-order valence-electron chi connectivity index (χ2n) is 14.9. The van der Waals surface area contributed by atoms with Gasteiger partial charge in [-0.3, -0.25) is 0 Å². The largest absolute Gasteiger partial charge is 0.452 e. The minimum atomic E-state index is 0.768. The molecule has 0 N–H and O–H groups in total. The molecule has 58 heavy (non-hydrogen) atoms. The van der Waals surface area contributed by atoms with Gasteiger partial charge in [-0.2, -0.15) is 0 Å². The maximum atomic E-state index is 6.63. The molecule has 3 heterocycles. The lowest BCUT2D eigenvalue weighted by atomic mass is 9.96. The number of rotatable bonds is 6. The highest BCUT2D eigenvalue weighted by molar-refractivity contribution is 6.24. The van der Waals surface area contributed by atoms with Crippen molar-refractivity contribution >= 4 is 82.7 Å². The van der Waals surface area contributed by atoms with Gasteiger partial charge in [0.2, 0.25) is 0 Å². The van der Waals surface area contributed by atoms with Crippen LogP contribution in [0.4, 0.5) is 17.1 Å². The van der Waals surface area contributed by atoms with E-state index in [1.54, 1.807) is 0 Å². The molecule has 0 saturated heterocycles. The molecular formula is C54H34N2O2. The zero-order chi connectivity index (χ0) is 38.2. The van der Waals surface area contributed by atoms with Gasteiger partial charge in [-0.15, -0.1) is 0 Å². The van der Waals surface area contributed by atoms with Gasteiger partial charge >= 0.3 is 0 Å². The third-order valence-corrected chi connectivity index (χ3v) is 11.6. The number of hydrogen-bond donors (Lipinski definition) is 0. The molecule has 0 fully saturated rings. The molecule has 0 aliphatic rings. The van der Waals surface area contributed by atoms with Crippen molar-refractivity contribution in [3.05, 3.63) is 206 Å². The number of fused-ring (bicyclic) bond motifs is 10. The summed E-state index contributed by atoms with van der Waals surface area (Å²) in [6.07, 6.45) is 0. The van der Waals surface area contributed by atoms with E-state index in [4.69, 9.17) is 8.83 Å². The summed E-state index contributed by atoms with van der Waals surface area (Å²) in [7, 11) is 0. The first-order valence-electron chi connectivity index (χ1n) is 19.7. The summed E-state index contributed by atoms with van der Waals surface area (Å²) in [4.78, 5) is 2.38. The normalized spacial score (nSPS) is 11.8. The fraction of sp³-hybridized carbons (Fsp3) is 0. The first-order chi connectivity index (χ1) is 28.8. The van der Waals surface area contributed by atoms with Crippen molar-refractivity contribution in [1.82, 2.24) is 4.57 Å². The highest BCUT2D eigenvalue weighted by Gasteiger charge is 2.22. The van der Waals surface area contributed by atoms with Gasteiger partial charge in [0.25, 0.3) is 0 Å². The van der Waals surface area contributed by atoms with E-state index in [-0.39, 0.29) is 0 Å². The molecule has 0 spiro atoms. The predicted molar refractivity (Wildman–Crippen MR) is 241 cm³/mol. The minimum absolute atomic E-state index is 0.768. The van der Waals surface area contributed by atoms with Crippen LogP contribution in [0.25, 0.3) is 93.6 Å². The Balaban J connectivity index is 1.09. The fourth-order valence-electron chi connectivity index (χ4n) is 8.94. The third kappa shape index (κ3) is 5.02. The Morgan fingerprint density at radius 3 is 1.74 bits per heavy atom. The number of anilines is 3. The average Bonchev–Trinajstić information content (AvgIpc) is 3.97. The van der Waals surface area contributed by atoms with Crippen molar-refractivity contribution in [2.45, 2.75) is 0 Å². The van der Waals surface area contributed by atoms with Crippen LogP contribution in [0.5, 0.6) is 0 Å². The van der Waals surface area contributed by atoms with E-state index in [1.165, 1.54) is 32.9 Å². The van der Waals surface area contributed by atoms with Crippen LogP contribution in [0, 0.1) is 0 Å². The second-order valence-corrected chi connectivity index (χ2v) is 14.9. The highest BCUT2D eigenvalue weighted by Crippen LogP contribution is 2.46. The molecule has 0 amide bonds. The molecule has 12 aromatic rings. The molecule has 12 rings (SSSR count). The van der Waals surface area contributed by atoms with Crippen molar-refractivity contribution in [2.24, 2.45) is 0 Å². The Morgan fingerprint density at radius 2 is 0.931 bits per heavy atom. The Bertz CT molecular complexity index is 3500. The minimum Gasteiger partial charge on any atom is -0.452 e. The van der Waals surface area contributed by atoms with Crippen molar-refractivity contribution < 1.29 is 8.83 Å². The lowest BCUT2D eigenvalue weighted by Crippen LogP contribution is -2.10. The smallest absolute Gasteiger partial charge is 0.179 e. The number of hydrogen-bond acceptors (Lipinski definition) is 3. The standard InChI is InChI=1S/C54H34N2O2/c1-3-14-35(15-4-1)36-26-28-39(29-27-36)55(41-30-31-49-46(33-41)42-20-7-10-23-48(42)56(49)38-17-5-2-6-18-38)40-19-13-16-37(32-40)45-34-47-43-21-8-11-24-50(43)57-53(47)54-52(45)44-22-9-12-25-51(44)58-54/h1-34H. The predicted octanol–water partition coefficient (Wildman–Crippen LogP) is 15.4. The zero-order valence-electron chi connectivity index (χ0n) is 31.3. The van der Waals surface area contributed by atoms with E-state index in [2.05, 4.69) is 191 Å². The summed E-state index contributed by atoms with van der Waals surface area (Å²) in [5, 5.41) is 6.63. The van der Waals surface area contributed by atoms with Gasteiger partial charge < -0.3 is 18.3 Å². The van der Waals surface area contributed by atoms with Crippen molar-refractivity contribution in [1.29, 1.82) is 0 Å². The number of aromatic nitrogens is 1. The molecule has 0 radical (unpaired) electrons. The van der Waals surface area contributed by atoms with Crippen molar-refractivity contribution in [3.8, 4) is 27.9 Å². The number of furan rings is 2. The summed E-state index contributed by atoms with van der Waals surface area (Å²) >= 11 is 0.